The van der Waals surface area contributed by atoms with Crippen LogP contribution in [0.5, 0.6) is 0 Å². The Balaban J connectivity index is 1.87. The molecule has 0 aliphatic carbocycles. The summed E-state index contributed by atoms with van der Waals surface area (Å²) in [5, 5.41) is 2.68. The molecule has 150 valence electrons. The third kappa shape index (κ3) is 4.31. The fourth-order valence-corrected chi connectivity index (χ4v) is 3.27. The number of nitrogens with one attached hydrogen (secondary N) is 3. The summed E-state index contributed by atoms with van der Waals surface area (Å²) < 4.78 is 65.9. The van der Waals surface area contributed by atoms with E-state index in [2.05, 4.69) is 16.2 Å². The monoisotopic (exact) mass is 399 g/mol. The first-order valence-corrected chi connectivity index (χ1v) is 8.64. The number of hydrogen-bond acceptors (Lipinski definition) is 3. The molecule has 1 heterocycles. The van der Waals surface area contributed by atoms with Crippen molar-refractivity contribution in [2.75, 3.05) is 0 Å². The summed E-state index contributed by atoms with van der Waals surface area (Å²) in [6.45, 7) is 1.84. The minimum absolute atomic E-state index is 0.206. The van der Waals surface area contributed by atoms with Crippen LogP contribution in [0.25, 0.3) is 0 Å². The van der Waals surface area contributed by atoms with Gasteiger partial charge < -0.3 is 5.32 Å². The third-order valence-corrected chi connectivity index (χ3v) is 4.65. The molecule has 2 aromatic carbocycles. The van der Waals surface area contributed by atoms with Crippen molar-refractivity contribution in [2.45, 2.75) is 37.6 Å². The summed E-state index contributed by atoms with van der Waals surface area (Å²) >= 11 is 0. The fraction of sp³-hybridized carbons (Fsp3) is 0.316. The van der Waals surface area contributed by atoms with Gasteiger partial charge in [-0.3, -0.25) is 10.2 Å². The molecule has 4 nitrogen and oxygen atoms in total. The Kier molecular flexibility index (Phi) is 5.66. The highest BCUT2D eigenvalue weighted by Gasteiger charge is 2.38. The quantitative estimate of drug-likeness (QED) is 0.687. The number of hydrazine groups is 1. The lowest BCUT2D eigenvalue weighted by atomic mass is 9.93. The normalized spacial score (nSPS) is 22.3. The van der Waals surface area contributed by atoms with Crippen molar-refractivity contribution in [3.8, 4) is 0 Å². The van der Waals surface area contributed by atoms with Gasteiger partial charge in [0.05, 0.1) is 17.6 Å². The predicted molar refractivity (Wildman–Crippen MR) is 92.1 cm³/mol. The Morgan fingerprint density at radius 2 is 1.75 bits per heavy atom. The third-order valence-electron chi connectivity index (χ3n) is 4.65. The molecule has 0 aromatic heterocycles. The summed E-state index contributed by atoms with van der Waals surface area (Å²) in [7, 11) is 0. The van der Waals surface area contributed by atoms with E-state index < -0.39 is 41.4 Å². The Morgan fingerprint density at radius 3 is 2.36 bits per heavy atom. The van der Waals surface area contributed by atoms with Crippen LogP contribution in [0.2, 0.25) is 0 Å². The van der Waals surface area contributed by atoms with E-state index in [0.717, 1.165) is 24.3 Å². The van der Waals surface area contributed by atoms with Gasteiger partial charge in [-0.1, -0.05) is 19.1 Å². The lowest BCUT2D eigenvalue weighted by Gasteiger charge is -2.24. The van der Waals surface area contributed by atoms with Gasteiger partial charge in [-0.25, -0.2) is 14.2 Å². The average molecular weight is 399 g/mol. The molecule has 3 atom stereocenters. The lowest BCUT2D eigenvalue weighted by Crippen LogP contribution is -2.45. The summed E-state index contributed by atoms with van der Waals surface area (Å²) in [4.78, 5) is 12.5. The van der Waals surface area contributed by atoms with Crippen molar-refractivity contribution in [1.82, 2.24) is 16.2 Å². The summed E-state index contributed by atoms with van der Waals surface area (Å²) in [5.74, 6) is -2.51. The maximum absolute atomic E-state index is 13.4. The summed E-state index contributed by atoms with van der Waals surface area (Å²) in [6, 6.07) is 5.65. The van der Waals surface area contributed by atoms with Gasteiger partial charge in [0.1, 0.15) is 11.6 Å². The van der Waals surface area contributed by atoms with Crippen LogP contribution in [0.4, 0.5) is 22.0 Å². The Morgan fingerprint density at radius 1 is 1.07 bits per heavy atom. The van der Waals surface area contributed by atoms with Gasteiger partial charge >= 0.3 is 6.18 Å². The molecule has 1 aliphatic heterocycles. The molecule has 3 N–H and O–H groups in total. The van der Waals surface area contributed by atoms with Gasteiger partial charge in [-0.15, -0.1) is 0 Å². The van der Waals surface area contributed by atoms with Crippen molar-refractivity contribution >= 4 is 5.91 Å². The molecule has 2 aromatic rings. The summed E-state index contributed by atoms with van der Waals surface area (Å²) in [6.07, 6.45) is -3.94. The molecule has 0 bridgehead atoms. The minimum atomic E-state index is -4.50. The molecule has 1 saturated heterocycles. The second kappa shape index (κ2) is 7.84. The van der Waals surface area contributed by atoms with Crippen LogP contribution >= 0.6 is 0 Å². The van der Waals surface area contributed by atoms with Gasteiger partial charge in [0, 0.05) is 17.7 Å². The largest absolute Gasteiger partial charge is 0.416 e. The van der Waals surface area contributed by atoms with Gasteiger partial charge in [-0.2, -0.15) is 13.2 Å². The van der Waals surface area contributed by atoms with E-state index in [1.54, 1.807) is 0 Å². The molecule has 1 fully saturated rings. The van der Waals surface area contributed by atoms with E-state index in [1.807, 2.05) is 6.92 Å². The lowest BCUT2D eigenvalue weighted by molar-refractivity contribution is -0.137. The number of carbonyl (C=O) groups is 1. The van der Waals surface area contributed by atoms with Crippen molar-refractivity contribution in [1.29, 1.82) is 0 Å². The molecule has 0 spiro atoms. The zero-order chi connectivity index (χ0) is 20.5. The van der Waals surface area contributed by atoms with Crippen LogP contribution in [0.1, 0.15) is 40.9 Å². The van der Waals surface area contributed by atoms with Crippen LogP contribution in [0.3, 0.4) is 0 Å². The standard InChI is InChI=1S/C19H18F5N3O/c1-2-15-17(25-18(28)11-7-13(20)9-14(21)8-11)16(27-26-15)10-4-3-5-12(6-10)19(22,23)24/h3-9,15-17,26-27H,2H2,1H3,(H,25,28). The number of benzene rings is 2. The highest BCUT2D eigenvalue weighted by Crippen LogP contribution is 2.32. The molecule has 0 saturated carbocycles. The second-order valence-electron chi connectivity index (χ2n) is 6.56. The number of alkyl halides is 3. The Labute approximate surface area is 158 Å². The summed E-state index contributed by atoms with van der Waals surface area (Å²) in [5.41, 5.74) is 5.17. The first-order chi connectivity index (χ1) is 13.2. The minimum Gasteiger partial charge on any atom is -0.346 e. The van der Waals surface area contributed by atoms with Crippen LogP contribution < -0.4 is 16.2 Å². The highest BCUT2D eigenvalue weighted by atomic mass is 19.4. The Bertz CT molecular complexity index is 851. The molecule has 9 heteroatoms. The van der Waals surface area contributed by atoms with Gasteiger partial charge in [0.2, 0.25) is 0 Å². The van der Waals surface area contributed by atoms with Crippen molar-refractivity contribution < 1.29 is 26.7 Å². The zero-order valence-corrected chi connectivity index (χ0v) is 14.8. The molecule has 0 radical (unpaired) electrons. The van der Waals surface area contributed by atoms with E-state index in [0.29, 0.717) is 18.1 Å². The van der Waals surface area contributed by atoms with Crippen molar-refractivity contribution in [3.05, 3.63) is 70.8 Å². The van der Waals surface area contributed by atoms with Crippen LogP contribution in [-0.4, -0.2) is 18.0 Å². The van der Waals surface area contributed by atoms with Crippen molar-refractivity contribution in [3.63, 3.8) is 0 Å². The second-order valence-corrected chi connectivity index (χ2v) is 6.56. The molecule has 28 heavy (non-hydrogen) atoms. The predicted octanol–water partition coefficient (Wildman–Crippen LogP) is 3.71. The van der Waals surface area contributed by atoms with E-state index in [1.165, 1.54) is 12.1 Å². The number of hydrogen-bond donors (Lipinski definition) is 3. The van der Waals surface area contributed by atoms with Gasteiger partial charge in [0.15, 0.2) is 0 Å². The number of carbonyl (C=O) groups excluding carboxylic acids is 1. The first-order valence-electron chi connectivity index (χ1n) is 8.64. The molecule has 3 rings (SSSR count). The van der Waals surface area contributed by atoms with E-state index in [-0.39, 0.29) is 11.6 Å². The molecule has 3 unspecified atom stereocenters. The topological polar surface area (TPSA) is 53.2 Å². The SMILES string of the molecule is CCC1NNC(c2cccc(C(F)(F)F)c2)C1NC(=O)c1cc(F)cc(F)c1. The van der Waals surface area contributed by atoms with Crippen LogP contribution in [0.15, 0.2) is 42.5 Å². The number of halogens is 5. The number of amides is 1. The first kappa shape index (κ1) is 20.2. The van der Waals surface area contributed by atoms with E-state index in [9.17, 15) is 26.7 Å². The molecule has 1 amide bonds. The van der Waals surface area contributed by atoms with E-state index >= 15 is 0 Å². The van der Waals surface area contributed by atoms with Crippen LogP contribution in [0, 0.1) is 11.6 Å². The van der Waals surface area contributed by atoms with Crippen LogP contribution in [-0.2, 0) is 6.18 Å². The maximum atomic E-state index is 13.4. The van der Waals surface area contributed by atoms with E-state index in [4.69, 9.17) is 0 Å². The maximum Gasteiger partial charge on any atom is 0.416 e. The fourth-order valence-electron chi connectivity index (χ4n) is 3.27. The van der Waals surface area contributed by atoms with Gasteiger partial charge in [0.25, 0.3) is 5.91 Å². The van der Waals surface area contributed by atoms with Crippen molar-refractivity contribution in [2.24, 2.45) is 0 Å². The molecule has 1 aliphatic rings. The molecular formula is C19H18F5N3O. The smallest absolute Gasteiger partial charge is 0.346 e. The zero-order valence-electron chi connectivity index (χ0n) is 14.8. The number of rotatable bonds is 4. The molecular weight excluding hydrogens is 381 g/mol. The average Bonchev–Trinajstić information content (AvgIpc) is 3.03. The highest BCUT2D eigenvalue weighted by molar-refractivity contribution is 5.94. The Hall–Kier alpha value is -2.52. The van der Waals surface area contributed by atoms with Gasteiger partial charge in [-0.05, 0) is 36.2 Å².